The lowest BCUT2D eigenvalue weighted by Crippen LogP contribution is -2.38. The number of hydrogen-bond acceptors (Lipinski definition) is 3. The molecule has 1 unspecified atom stereocenters. The van der Waals surface area contributed by atoms with Gasteiger partial charge in [-0.3, -0.25) is 4.98 Å². The van der Waals surface area contributed by atoms with Crippen LogP contribution in [0.15, 0.2) is 24.5 Å². The van der Waals surface area contributed by atoms with E-state index in [2.05, 4.69) is 10.3 Å². The van der Waals surface area contributed by atoms with Gasteiger partial charge in [0, 0.05) is 18.4 Å². The van der Waals surface area contributed by atoms with Crippen molar-refractivity contribution in [3.63, 3.8) is 0 Å². The number of rotatable bonds is 9. The van der Waals surface area contributed by atoms with Gasteiger partial charge in [-0.2, -0.15) is 8.78 Å². The highest BCUT2D eigenvalue weighted by molar-refractivity contribution is 5.10. The Bertz CT molecular complexity index is 376. The van der Waals surface area contributed by atoms with Crippen molar-refractivity contribution in [3.05, 3.63) is 30.1 Å². The molecule has 1 rings (SSSR count). The zero-order valence-corrected chi connectivity index (χ0v) is 11.2. The first-order valence-corrected chi connectivity index (χ1v) is 6.31. The van der Waals surface area contributed by atoms with Gasteiger partial charge in [0.25, 0.3) is 0 Å². The lowest BCUT2D eigenvalue weighted by Gasteiger charge is -2.20. The predicted octanol–water partition coefficient (Wildman–Crippen LogP) is 2.52. The van der Waals surface area contributed by atoms with Crippen molar-refractivity contribution in [2.75, 3.05) is 19.8 Å². The molecule has 7 heteroatoms. The number of nitrogens with zero attached hydrogens (tertiary/aromatic N) is 1. The molecule has 114 valence electrons. The van der Waals surface area contributed by atoms with Crippen LogP contribution in [0.2, 0.25) is 0 Å². The van der Waals surface area contributed by atoms with Crippen LogP contribution >= 0.6 is 0 Å². The summed E-state index contributed by atoms with van der Waals surface area (Å²) < 4.78 is 54.1. The fraction of sp³-hybridized carbons (Fsp3) is 0.615. The Morgan fingerprint density at radius 3 is 2.70 bits per heavy atom. The maximum atomic E-state index is 12.7. The molecule has 0 saturated heterocycles. The molecule has 0 spiro atoms. The highest BCUT2D eigenvalue weighted by Gasteiger charge is 2.41. The maximum Gasteiger partial charge on any atom is 0.330 e. The largest absolute Gasteiger partial charge is 0.373 e. The van der Waals surface area contributed by atoms with Crippen LogP contribution in [0.25, 0.3) is 0 Å². The molecular weight excluding hydrogens is 276 g/mol. The molecular formula is C13H18F4N2O. The van der Waals surface area contributed by atoms with Gasteiger partial charge in [0.1, 0.15) is 6.61 Å². The van der Waals surface area contributed by atoms with E-state index in [1.807, 2.05) is 13.0 Å². The Balaban J connectivity index is 2.43. The average molecular weight is 294 g/mol. The van der Waals surface area contributed by atoms with Crippen molar-refractivity contribution in [2.24, 2.45) is 0 Å². The number of halogens is 4. The molecule has 1 atom stereocenters. The third-order valence-electron chi connectivity index (χ3n) is 2.63. The molecule has 20 heavy (non-hydrogen) atoms. The zero-order valence-electron chi connectivity index (χ0n) is 11.2. The van der Waals surface area contributed by atoms with E-state index in [1.165, 1.54) is 0 Å². The van der Waals surface area contributed by atoms with Gasteiger partial charge in [-0.25, -0.2) is 8.78 Å². The smallest absolute Gasteiger partial charge is 0.330 e. The van der Waals surface area contributed by atoms with Gasteiger partial charge in [0.05, 0.1) is 6.61 Å². The van der Waals surface area contributed by atoms with Crippen LogP contribution in [0.1, 0.15) is 12.5 Å². The number of ether oxygens (including phenoxy) is 1. The summed E-state index contributed by atoms with van der Waals surface area (Å²) in [5.41, 5.74) is 0.919. The zero-order chi connectivity index (χ0) is 15.0. The summed E-state index contributed by atoms with van der Waals surface area (Å²) in [6.45, 7) is 1.15. The van der Waals surface area contributed by atoms with Crippen LogP contribution in [0.4, 0.5) is 17.6 Å². The number of nitrogens with one attached hydrogen (secondary N) is 1. The molecule has 1 aromatic heterocycles. The van der Waals surface area contributed by atoms with Crippen molar-refractivity contribution >= 4 is 0 Å². The second kappa shape index (κ2) is 8.16. The SMILES string of the molecule is CCNC(COCC(F)(F)C(F)F)Cc1cccnc1. The molecule has 0 amide bonds. The van der Waals surface area contributed by atoms with E-state index in [1.54, 1.807) is 18.5 Å². The molecule has 3 nitrogen and oxygen atoms in total. The first kappa shape index (κ1) is 16.8. The third-order valence-corrected chi connectivity index (χ3v) is 2.63. The normalized spacial score (nSPS) is 13.7. The van der Waals surface area contributed by atoms with Crippen LogP contribution in [0.5, 0.6) is 0 Å². The lowest BCUT2D eigenvalue weighted by molar-refractivity contribution is -0.167. The van der Waals surface area contributed by atoms with Gasteiger partial charge < -0.3 is 10.1 Å². The highest BCUT2D eigenvalue weighted by Crippen LogP contribution is 2.22. The van der Waals surface area contributed by atoms with E-state index in [0.717, 1.165) is 5.56 Å². The summed E-state index contributed by atoms with van der Waals surface area (Å²) in [6, 6.07) is 3.40. The Labute approximate surface area is 115 Å². The minimum atomic E-state index is -4.11. The molecule has 0 fully saturated rings. The van der Waals surface area contributed by atoms with Gasteiger partial charge in [0.2, 0.25) is 0 Å². The first-order chi connectivity index (χ1) is 9.45. The summed E-state index contributed by atoms with van der Waals surface area (Å²) in [7, 11) is 0. The number of pyridine rings is 1. The van der Waals surface area contributed by atoms with E-state index in [4.69, 9.17) is 4.74 Å². The minimum Gasteiger partial charge on any atom is -0.373 e. The van der Waals surface area contributed by atoms with Crippen LogP contribution in [-0.4, -0.2) is 43.1 Å². The van der Waals surface area contributed by atoms with E-state index in [9.17, 15) is 17.6 Å². The topological polar surface area (TPSA) is 34.1 Å². The van der Waals surface area contributed by atoms with Crippen molar-refractivity contribution in [1.29, 1.82) is 0 Å². The second-order valence-corrected chi connectivity index (χ2v) is 4.40. The van der Waals surface area contributed by atoms with Crippen LogP contribution in [0, 0.1) is 0 Å². The predicted molar refractivity (Wildman–Crippen MR) is 67.2 cm³/mol. The van der Waals surface area contributed by atoms with E-state index in [-0.39, 0.29) is 12.6 Å². The van der Waals surface area contributed by atoms with Crippen molar-refractivity contribution in [1.82, 2.24) is 10.3 Å². The molecule has 0 aliphatic heterocycles. The summed E-state index contributed by atoms with van der Waals surface area (Å²) >= 11 is 0. The number of hydrogen-bond donors (Lipinski definition) is 1. The van der Waals surface area contributed by atoms with Crippen LogP contribution in [0.3, 0.4) is 0 Å². The number of alkyl halides is 4. The van der Waals surface area contributed by atoms with E-state index >= 15 is 0 Å². The van der Waals surface area contributed by atoms with Crippen LogP contribution in [-0.2, 0) is 11.2 Å². The van der Waals surface area contributed by atoms with Crippen molar-refractivity contribution < 1.29 is 22.3 Å². The molecule has 0 aliphatic carbocycles. The first-order valence-electron chi connectivity index (χ1n) is 6.31. The molecule has 0 bridgehead atoms. The fourth-order valence-corrected chi connectivity index (χ4v) is 1.68. The average Bonchev–Trinajstić information content (AvgIpc) is 2.39. The fourth-order valence-electron chi connectivity index (χ4n) is 1.68. The monoisotopic (exact) mass is 294 g/mol. The number of likely N-dealkylation sites (N-methyl/N-ethyl adjacent to an activating group) is 1. The third kappa shape index (κ3) is 5.83. The minimum absolute atomic E-state index is 0.0644. The van der Waals surface area contributed by atoms with Crippen molar-refractivity contribution in [3.8, 4) is 0 Å². The molecule has 0 aliphatic rings. The van der Waals surface area contributed by atoms with Crippen LogP contribution < -0.4 is 5.32 Å². The molecule has 1 N–H and O–H groups in total. The maximum absolute atomic E-state index is 12.7. The molecule has 0 radical (unpaired) electrons. The van der Waals surface area contributed by atoms with Gasteiger partial charge in [-0.05, 0) is 24.6 Å². The Morgan fingerprint density at radius 2 is 2.15 bits per heavy atom. The Kier molecular flexibility index (Phi) is 6.87. The molecule has 0 aromatic carbocycles. The van der Waals surface area contributed by atoms with Gasteiger partial charge >= 0.3 is 12.3 Å². The molecule has 1 heterocycles. The van der Waals surface area contributed by atoms with E-state index < -0.39 is 19.0 Å². The molecule has 1 aromatic rings. The summed E-state index contributed by atoms with van der Waals surface area (Å²) in [5.74, 6) is -4.11. The van der Waals surface area contributed by atoms with E-state index in [0.29, 0.717) is 13.0 Å². The van der Waals surface area contributed by atoms with Gasteiger partial charge in [-0.15, -0.1) is 0 Å². The van der Waals surface area contributed by atoms with Gasteiger partial charge in [-0.1, -0.05) is 13.0 Å². The summed E-state index contributed by atoms with van der Waals surface area (Å²) in [4.78, 5) is 3.95. The lowest BCUT2D eigenvalue weighted by atomic mass is 10.1. The highest BCUT2D eigenvalue weighted by atomic mass is 19.3. The molecule has 0 saturated carbocycles. The van der Waals surface area contributed by atoms with Gasteiger partial charge in [0.15, 0.2) is 0 Å². The number of aromatic nitrogens is 1. The summed E-state index contributed by atoms with van der Waals surface area (Å²) in [6.07, 6.45) is 0.115. The standard InChI is InChI=1S/C13H18F4N2O/c1-2-19-11(6-10-4-3-5-18-7-10)8-20-9-13(16,17)12(14)15/h3-5,7,11-12,19H,2,6,8-9H2,1H3. The Morgan fingerprint density at radius 1 is 1.40 bits per heavy atom. The quantitative estimate of drug-likeness (QED) is 0.711. The summed E-state index contributed by atoms with van der Waals surface area (Å²) in [5, 5.41) is 3.06. The second-order valence-electron chi connectivity index (χ2n) is 4.40. The Hall–Kier alpha value is -1.21. The van der Waals surface area contributed by atoms with Crippen molar-refractivity contribution in [2.45, 2.75) is 31.7 Å².